The number of alkyl halides is 9. The van der Waals surface area contributed by atoms with Gasteiger partial charge in [0.25, 0.3) is 0 Å². The molecule has 0 unspecified atom stereocenters. The van der Waals surface area contributed by atoms with Crippen LogP contribution in [0.3, 0.4) is 0 Å². The molecular weight excluding hydrogens is 353 g/mol. The Kier molecular flexibility index (Phi) is 4.28. The van der Waals surface area contributed by atoms with Crippen LogP contribution in [0.4, 0.5) is 39.5 Å². The van der Waals surface area contributed by atoms with Gasteiger partial charge < -0.3 is 4.98 Å². The second kappa shape index (κ2) is 5.67. The van der Waals surface area contributed by atoms with Gasteiger partial charge in [-0.2, -0.15) is 39.5 Å². The van der Waals surface area contributed by atoms with Crippen molar-refractivity contribution in [2.75, 3.05) is 0 Å². The molecule has 1 nitrogen and oxygen atoms in total. The SMILES string of the molecule is FC(F)(F)c1[c-]c(-c2cc(C(F)(F)F)ccn2)cc(C(F)(F)F)c1. The standard InChI is InChI=1S/C14H5F9N/c15-12(16,17)8-1-2-24-11(6-8)7-3-9(13(18,19)20)5-10(4-7)14(21,22)23/h1-3,5-6H/q-1. The molecule has 1 aromatic heterocycles. The summed E-state index contributed by atoms with van der Waals surface area (Å²) >= 11 is 0. The lowest BCUT2D eigenvalue weighted by Gasteiger charge is -2.20. The van der Waals surface area contributed by atoms with Gasteiger partial charge in [-0.1, -0.05) is 6.07 Å². The molecule has 0 aliphatic carbocycles. The molecule has 130 valence electrons. The first-order chi connectivity index (χ1) is 10.8. The third-order valence-corrected chi connectivity index (χ3v) is 2.86. The number of hydrogen-bond acceptors (Lipinski definition) is 1. The minimum Gasteiger partial charge on any atom is -0.305 e. The molecule has 10 heteroatoms. The zero-order valence-corrected chi connectivity index (χ0v) is 11.2. The molecule has 2 aromatic rings. The van der Waals surface area contributed by atoms with Crippen LogP contribution >= 0.6 is 0 Å². The maximum Gasteiger partial charge on any atom is 0.415 e. The van der Waals surface area contributed by atoms with Crippen LogP contribution in [-0.4, -0.2) is 4.98 Å². The van der Waals surface area contributed by atoms with Gasteiger partial charge in [0.05, 0.1) is 0 Å². The van der Waals surface area contributed by atoms with Gasteiger partial charge in [-0.15, -0.1) is 23.8 Å². The van der Waals surface area contributed by atoms with Crippen molar-refractivity contribution in [3.05, 3.63) is 53.2 Å². The third-order valence-electron chi connectivity index (χ3n) is 2.86. The second-order valence-corrected chi connectivity index (χ2v) is 4.62. The van der Waals surface area contributed by atoms with Gasteiger partial charge in [0.1, 0.15) is 0 Å². The average Bonchev–Trinajstić information content (AvgIpc) is 2.44. The highest BCUT2D eigenvalue weighted by Gasteiger charge is 2.34. The Balaban J connectivity index is 2.66. The summed E-state index contributed by atoms with van der Waals surface area (Å²) in [6.07, 6.45) is -14.5. The highest BCUT2D eigenvalue weighted by atomic mass is 19.4. The quantitative estimate of drug-likeness (QED) is 0.477. The number of pyridine rings is 1. The van der Waals surface area contributed by atoms with Crippen molar-refractivity contribution in [2.45, 2.75) is 18.5 Å². The Bertz CT molecular complexity index is 709. The molecule has 2 rings (SSSR count). The highest BCUT2D eigenvalue weighted by Crippen LogP contribution is 2.38. The fraction of sp³-hybridized carbons (Fsp3) is 0.214. The maximum absolute atomic E-state index is 12.7. The van der Waals surface area contributed by atoms with Gasteiger partial charge in [0.2, 0.25) is 0 Å². The van der Waals surface area contributed by atoms with Crippen LogP contribution in [0, 0.1) is 6.07 Å². The van der Waals surface area contributed by atoms with E-state index in [1.807, 2.05) is 0 Å². The zero-order valence-electron chi connectivity index (χ0n) is 11.2. The number of benzene rings is 1. The van der Waals surface area contributed by atoms with Gasteiger partial charge in [-0.05, 0) is 22.9 Å². The predicted molar refractivity (Wildman–Crippen MR) is 63.5 cm³/mol. The van der Waals surface area contributed by atoms with Gasteiger partial charge in [0.15, 0.2) is 0 Å². The minimum absolute atomic E-state index is 0.170. The van der Waals surface area contributed by atoms with E-state index in [0.717, 1.165) is 0 Å². The van der Waals surface area contributed by atoms with E-state index in [2.05, 4.69) is 4.98 Å². The van der Waals surface area contributed by atoms with E-state index in [9.17, 15) is 39.5 Å². The zero-order chi connectivity index (χ0) is 18.3. The van der Waals surface area contributed by atoms with Gasteiger partial charge >= 0.3 is 18.5 Å². The molecule has 0 aliphatic heterocycles. The summed E-state index contributed by atoms with van der Waals surface area (Å²) in [5.41, 5.74) is -6.23. The predicted octanol–water partition coefficient (Wildman–Crippen LogP) is 5.61. The van der Waals surface area contributed by atoms with Crippen molar-refractivity contribution in [1.29, 1.82) is 0 Å². The lowest BCUT2D eigenvalue weighted by atomic mass is 10.0. The number of aromatic nitrogens is 1. The molecule has 0 fully saturated rings. The van der Waals surface area contributed by atoms with E-state index in [1.165, 1.54) is 0 Å². The van der Waals surface area contributed by atoms with E-state index in [-0.39, 0.29) is 12.1 Å². The normalized spacial score (nSPS) is 13.2. The topological polar surface area (TPSA) is 12.9 Å². The van der Waals surface area contributed by atoms with Crippen molar-refractivity contribution in [3.63, 3.8) is 0 Å². The van der Waals surface area contributed by atoms with Crippen LogP contribution < -0.4 is 0 Å². The number of rotatable bonds is 1. The smallest absolute Gasteiger partial charge is 0.305 e. The summed E-state index contributed by atoms with van der Waals surface area (Å²) in [5, 5.41) is 0. The highest BCUT2D eigenvalue weighted by molar-refractivity contribution is 5.62. The summed E-state index contributed by atoms with van der Waals surface area (Å²) in [6.45, 7) is 0. The minimum atomic E-state index is -5.16. The monoisotopic (exact) mass is 358 g/mol. The van der Waals surface area contributed by atoms with Crippen LogP contribution in [0.2, 0.25) is 0 Å². The van der Waals surface area contributed by atoms with Crippen LogP contribution in [0.25, 0.3) is 11.3 Å². The van der Waals surface area contributed by atoms with Crippen molar-refractivity contribution in [2.24, 2.45) is 0 Å². The molecule has 1 aromatic carbocycles. The van der Waals surface area contributed by atoms with Crippen molar-refractivity contribution < 1.29 is 39.5 Å². The van der Waals surface area contributed by atoms with Crippen LogP contribution in [-0.2, 0) is 18.5 Å². The summed E-state index contributed by atoms with van der Waals surface area (Å²) < 4.78 is 114. The molecule has 0 saturated heterocycles. The Morgan fingerprint density at radius 2 is 1.29 bits per heavy atom. The van der Waals surface area contributed by atoms with Crippen molar-refractivity contribution in [3.8, 4) is 11.3 Å². The molecular formula is C14H5F9N-. The van der Waals surface area contributed by atoms with Crippen LogP contribution in [0.15, 0.2) is 30.5 Å². The molecule has 0 bridgehead atoms. The fourth-order valence-corrected chi connectivity index (χ4v) is 1.78. The lowest BCUT2D eigenvalue weighted by Crippen LogP contribution is -2.11. The van der Waals surface area contributed by atoms with E-state index >= 15 is 0 Å². The first kappa shape index (κ1) is 18.1. The van der Waals surface area contributed by atoms with Gasteiger partial charge in [-0.3, -0.25) is 0 Å². The molecule has 0 aliphatic rings. The first-order valence-corrected chi connectivity index (χ1v) is 6.04. The Hall–Kier alpha value is -2.26. The molecule has 0 saturated carbocycles. The largest absolute Gasteiger partial charge is 0.415 e. The third kappa shape index (κ3) is 3.98. The van der Waals surface area contributed by atoms with Crippen molar-refractivity contribution >= 4 is 0 Å². The molecule has 0 atom stereocenters. The van der Waals surface area contributed by atoms with Gasteiger partial charge in [0, 0.05) is 11.8 Å². The van der Waals surface area contributed by atoms with E-state index in [0.29, 0.717) is 18.3 Å². The number of nitrogens with zero attached hydrogens (tertiary/aromatic N) is 1. The average molecular weight is 358 g/mol. The molecule has 0 amide bonds. The Morgan fingerprint density at radius 1 is 0.708 bits per heavy atom. The van der Waals surface area contributed by atoms with E-state index < -0.39 is 46.5 Å². The molecule has 0 radical (unpaired) electrons. The van der Waals surface area contributed by atoms with Gasteiger partial charge in [-0.25, -0.2) is 0 Å². The molecule has 1 heterocycles. The molecule has 24 heavy (non-hydrogen) atoms. The fourth-order valence-electron chi connectivity index (χ4n) is 1.78. The summed E-state index contributed by atoms with van der Waals surface area (Å²) in [7, 11) is 0. The summed E-state index contributed by atoms with van der Waals surface area (Å²) in [5.74, 6) is 0. The molecule has 0 N–H and O–H groups in total. The van der Waals surface area contributed by atoms with Crippen LogP contribution in [0.1, 0.15) is 16.7 Å². The maximum atomic E-state index is 12.7. The summed E-state index contributed by atoms with van der Waals surface area (Å²) in [4.78, 5) is 3.40. The number of halogens is 9. The van der Waals surface area contributed by atoms with E-state index in [4.69, 9.17) is 0 Å². The van der Waals surface area contributed by atoms with Crippen molar-refractivity contribution in [1.82, 2.24) is 4.98 Å². The summed E-state index contributed by atoms with van der Waals surface area (Å²) in [6, 6.07) is 2.63. The Labute approximate surface area is 128 Å². The lowest BCUT2D eigenvalue weighted by molar-refractivity contribution is -0.143. The van der Waals surface area contributed by atoms with Crippen LogP contribution in [0.5, 0.6) is 0 Å². The first-order valence-electron chi connectivity index (χ1n) is 6.04. The second-order valence-electron chi connectivity index (χ2n) is 4.62. The Morgan fingerprint density at radius 3 is 1.79 bits per heavy atom. The molecule has 0 spiro atoms. The van der Waals surface area contributed by atoms with E-state index in [1.54, 1.807) is 6.07 Å². The number of hydrogen-bond donors (Lipinski definition) is 0.